The molecule has 4 nitrogen and oxygen atoms in total. The molecule has 0 saturated heterocycles. The number of benzene rings is 3. The lowest BCUT2D eigenvalue weighted by Crippen LogP contribution is -2.51. The van der Waals surface area contributed by atoms with Gasteiger partial charge in [0.2, 0.25) is 11.8 Å². The Morgan fingerprint density at radius 2 is 1.57 bits per heavy atom. The maximum Gasteiger partial charge on any atom is 0.243 e. The molecular formula is C29H33BrN2O2S. The summed E-state index contributed by atoms with van der Waals surface area (Å²) >= 11 is 5.07. The molecule has 0 radical (unpaired) electrons. The predicted molar refractivity (Wildman–Crippen MR) is 149 cm³/mol. The van der Waals surface area contributed by atoms with Gasteiger partial charge in [0.05, 0.1) is 5.75 Å². The molecule has 3 aromatic rings. The van der Waals surface area contributed by atoms with E-state index in [1.165, 1.54) is 16.7 Å². The fourth-order valence-electron chi connectivity index (χ4n) is 4.12. The first-order valence-corrected chi connectivity index (χ1v) is 13.8. The normalized spacial score (nSPS) is 11.7. The standard InChI is InChI=1S/C29H33BrN2O2S/c1-4-31-29(34)27(17-23-8-6-5-7-9-23)32(18-24-10-12-26(30)13-11-24)28(33)20-35-19-25-15-21(2)14-22(3)16-25/h5-16,27H,4,17-20H2,1-3H3,(H,31,34)/t27-/m1/s1. The van der Waals surface area contributed by atoms with Crippen LogP contribution < -0.4 is 5.32 Å². The van der Waals surface area contributed by atoms with Crippen molar-refractivity contribution < 1.29 is 9.59 Å². The molecule has 35 heavy (non-hydrogen) atoms. The van der Waals surface area contributed by atoms with Gasteiger partial charge >= 0.3 is 0 Å². The number of amides is 2. The minimum Gasteiger partial charge on any atom is -0.355 e. The van der Waals surface area contributed by atoms with Crippen LogP contribution in [0.4, 0.5) is 0 Å². The lowest BCUT2D eigenvalue weighted by atomic mass is 10.0. The van der Waals surface area contributed by atoms with Crippen LogP contribution in [0.15, 0.2) is 77.3 Å². The second-order valence-corrected chi connectivity index (χ2v) is 10.6. The zero-order valence-electron chi connectivity index (χ0n) is 20.6. The Balaban J connectivity index is 1.82. The maximum atomic E-state index is 13.6. The van der Waals surface area contributed by atoms with Crippen LogP contribution in [0.25, 0.3) is 0 Å². The van der Waals surface area contributed by atoms with Gasteiger partial charge in [-0.25, -0.2) is 0 Å². The average Bonchev–Trinajstić information content (AvgIpc) is 2.82. The number of aryl methyl sites for hydroxylation is 2. The van der Waals surface area contributed by atoms with Crippen molar-refractivity contribution in [1.82, 2.24) is 10.2 Å². The zero-order valence-corrected chi connectivity index (χ0v) is 23.0. The third kappa shape index (κ3) is 8.55. The molecule has 0 fully saturated rings. The number of nitrogens with zero attached hydrogens (tertiary/aromatic N) is 1. The second-order valence-electron chi connectivity index (χ2n) is 8.74. The Hall–Kier alpha value is -2.57. The molecule has 6 heteroatoms. The first kappa shape index (κ1) is 27.0. The van der Waals surface area contributed by atoms with Gasteiger partial charge in [-0.15, -0.1) is 11.8 Å². The molecule has 3 aromatic carbocycles. The van der Waals surface area contributed by atoms with Crippen LogP contribution in [0.2, 0.25) is 0 Å². The number of nitrogens with one attached hydrogen (secondary N) is 1. The largest absolute Gasteiger partial charge is 0.355 e. The molecule has 3 rings (SSSR count). The summed E-state index contributed by atoms with van der Waals surface area (Å²) in [5.74, 6) is 0.912. The molecule has 0 aliphatic rings. The molecule has 1 atom stereocenters. The van der Waals surface area contributed by atoms with E-state index in [-0.39, 0.29) is 11.8 Å². The van der Waals surface area contributed by atoms with Gasteiger partial charge < -0.3 is 10.2 Å². The minimum absolute atomic E-state index is 0.0329. The van der Waals surface area contributed by atoms with E-state index < -0.39 is 6.04 Å². The summed E-state index contributed by atoms with van der Waals surface area (Å²) in [5.41, 5.74) is 5.68. The van der Waals surface area contributed by atoms with Gasteiger partial charge in [-0.2, -0.15) is 0 Å². The molecule has 0 heterocycles. The molecule has 0 aliphatic heterocycles. The van der Waals surface area contributed by atoms with Gasteiger partial charge in [0, 0.05) is 29.7 Å². The fraction of sp³-hybridized carbons (Fsp3) is 0.310. The number of halogens is 1. The molecule has 0 saturated carbocycles. The number of rotatable bonds is 11. The first-order valence-electron chi connectivity index (χ1n) is 11.9. The van der Waals surface area contributed by atoms with E-state index in [1.807, 2.05) is 61.5 Å². The van der Waals surface area contributed by atoms with Crippen molar-refractivity contribution in [2.45, 2.75) is 45.5 Å². The average molecular weight is 554 g/mol. The lowest BCUT2D eigenvalue weighted by Gasteiger charge is -2.31. The van der Waals surface area contributed by atoms with Crippen LogP contribution in [0, 0.1) is 13.8 Å². The summed E-state index contributed by atoms with van der Waals surface area (Å²) in [4.78, 5) is 28.5. The molecule has 0 aromatic heterocycles. The number of thioether (sulfide) groups is 1. The van der Waals surface area contributed by atoms with Crippen molar-refractivity contribution >= 4 is 39.5 Å². The number of carbonyl (C=O) groups is 2. The van der Waals surface area contributed by atoms with E-state index >= 15 is 0 Å². The van der Waals surface area contributed by atoms with Gasteiger partial charge in [0.25, 0.3) is 0 Å². The lowest BCUT2D eigenvalue weighted by molar-refractivity contribution is -0.139. The third-order valence-corrected chi connectivity index (χ3v) is 7.18. The Morgan fingerprint density at radius 1 is 0.914 bits per heavy atom. The summed E-state index contributed by atoms with van der Waals surface area (Å²) in [6.45, 7) is 6.98. The molecular weight excluding hydrogens is 520 g/mol. The summed E-state index contributed by atoms with van der Waals surface area (Å²) in [6.07, 6.45) is 0.469. The number of hydrogen-bond acceptors (Lipinski definition) is 3. The molecule has 1 N–H and O–H groups in total. The van der Waals surface area contributed by atoms with Crippen LogP contribution in [-0.4, -0.2) is 35.1 Å². The number of carbonyl (C=O) groups excluding carboxylic acids is 2. The van der Waals surface area contributed by atoms with Gasteiger partial charge in [-0.3, -0.25) is 9.59 Å². The summed E-state index contributed by atoms with van der Waals surface area (Å²) < 4.78 is 0.979. The van der Waals surface area contributed by atoms with Crippen molar-refractivity contribution in [3.05, 3.63) is 105 Å². The highest BCUT2D eigenvalue weighted by Crippen LogP contribution is 2.20. The highest BCUT2D eigenvalue weighted by molar-refractivity contribution is 9.10. The SMILES string of the molecule is CCNC(=O)[C@@H](Cc1ccccc1)N(Cc1ccc(Br)cc1)C(=O)CSCc1cc(C)cc(C)c1. The van der Waals surface area contributed by atoms with E-state index in [4.69, 9.17) is 0 Å². The molecule has 184 valence electrons. The Bertz CT molecular complexity index is 1100. The predicted octanol–water partition coefficient (Wildman–Crippen LogP) is 6.08. The summed E-state index contributed by atoms with van der Waals surface area (Å²) in [6, 6.07) is 23.7. The van der Waals surface area contributed by atoms with Gasteiger partial charge in [-0.1, -0.05) is 87.7 Å². The van der Waals surface area contributed by atoms with E-state index in [2.05, 4.69) is 53.3 Å². The van der Waals surface area contributed by atoms with Crippen LogP contribution >= 0.6 is 27.7 Å². The highest BCUT2D eigenvalue weighted by Gasteiger charge is 2.30. The Kier molecular flexibility index (Phi) is 10.4. The van der Waals surface area contributed by atoms with Gasteiger partial charge in [0.15, 0.2) is 0 Å². The van der Waals surface area contributed by atoms with Crippen LogP contribution in [0.1, 0.15) is 34.7 Å². The van der Waals surface area contributed by atoms with Crippen LogP contribution in [0.3, 0.4) is 0 Å². The van der Waals surface area contributed by atoms with Gasteiger partial charge in [-0.05, 0) is 49.6 Å². The molecule has 2 amide bonds. The van der Waals surface area contributed by atoms with E-state index in [9.17, 15) is 9.59 Å². The minimum atomic E-state index is -0.588. The molecule has 0 unspecified atom stereocenters. The Labute approximate surface area is 221 Å². The monoisotopic (exact) mass is 552 g/mol. The molecule has 0 aliphatic carbocycles. The third-order valence-electron chi connectivity index (χ3n) is 5.66. The topological polar surface area (TPSA) is 49.4 Å². The van der Waals surface area contributed by atoms with Crippen molar-refractivity contribution in [2.75, 3.05) is 12.3 Å². The number of likely N-dealkylation sites (N-methyl/N-ethyl adjacent to an activating group) is 1. The fourth-order valence-corrected chi connectivity index (χ4v) is 5.23. The summed E-state index contributed by atoms with van der Waals surface area (Å²) in [5, 5.41) is 2.94. The van der Waals surface area contributed by atoms with E-state index in [0.717, 1.165) is 21.4 Å². The van der Waals surface area contributed by atoms with E-state index in [0.29, 0.717) is 25.3 Å². The van der Waals surface area contributed by atoms with Crippen LogP contribution in [0.5, 0.6) is 0 Å². The van der Waals surface area contributed by atoms with Crippen LogP contribution in [-0.2, 0) is 28.3 Å². The van der Waals surface area contributed by atoms with Crippen molar-refractivity contribution in [3.63, 3.8) is 0 Å². The van der Waals surface area contributed by atoms with E-state index in [1.54, 1.807) is 16.7 Å². The smallest absolute Gasteiger partial charge is 0.243 e. The first-order chi connectivity index (χ1) is 16.9. The Morgan fingerprint density at radius 3 is 2.20 bits per heavy atom. The van der Waals surface area contributed by atoms with Crippen molar-refractivity contribution in [2.24, 2.45) is 0 Å². The van der Waals surface area contributed by atoms with Gasteiger partial charge in [0.1, 0.15) is 6.04 Å². The number of hydrogen-bond donors (Lipinski definition) is 1. The molecule has 0 spiro atoms. The zero-order chi connectivity index (χ0) is 25.2. The molecule has 0 bridgehead atoms. The van der Waals surface area contributed by atoms with Crippen molar-refractivity contribution in [1.29, 1.82) is 0 Å². The summed E-state index contributed by atoms with van der Waals surface area (Å²) in [7, 11) is 0. The highest BCUT2D eigenvalue weighted by atomic mass is 79.9. The van der Waals surface area contributed by atoms with Crippen molar-refractivity contribution in [3.8, 4) is 0 Å². The second kappa shape index (κ2) is 13.5. The quantitative estimate of drug-likeness (QED) is 0.313. The maximum absolute atomic E-state index is 13.6.